The van der Waals surface area contributed by atoms with Gasteiger partial charge in [-0.25, -0.2) is 0 Å². The van der Waals surface area contributed by atoms with E-state index in [0.29, 0.717) is 29.6 Å². The van der Waals surface area contributed by atoms with Gasteiger partial charge in [-0.15, -0.1) is 11.8 Å². The van der Waals surface area contributed by atoms with Gasteiger partial charge in [0.15, 0.2) is 12.4 Å². The number of hydrogen-bond donors (Lipinski definition) is 2. The minimum Gasteiger partial charge on any atom is -0.492 e. The minimum absolute atomic E-state index is 0.0742. The summed E-state index contributed by atoms with van der Waals surface area (Å²) in [5, 5.41) is 8.37. The number of nitrogens with one attached hydrogen (secondary N) is 2. The Bertz CT molecular complexity index is 854. The van der Waals surface area contributed by atoms with Crippen molar-refractivity contribution < 1.29 is 28.4 Å². The van der Waals surface area contributed by atoms with Crippen LogP contribution >= 0.6 is 11.8 Å². The third kappa shape index (κ3) is 7.49. The fraction of sp³-hybridized carbons (Fsp3) is 0.368. The van der Waals surface area contributed by atoms with Crippen molar-refractivity contribution in [2.45, 2.75) is 26.0 Å². The minimum atomic E-state index is -0.597. The van der Waals surface area contributed by atoms with Gasteiger partial charge in [0, 0.05) is 6.07 Å². The summed E-state index contributed by atoms with van der Waals surface area (Å²) < 4.78 is 15.2. The standard InChI is InChI=1S/C19H23N3O6S/c1-4-26-15-8-6-5-7-14(15)20-17(23)10-27-18(24)11-29-13(3)19(25)21-16-9-12(2)28-22-16/h5-9,13H,4,10-11H2,1-3H3,(H,20,23)(H,21,22,25)/t13-/m1/s1. The molecule has 1 aromatic heterocycles. The van der Waals surface area contributed by atoms with Crippen LogP contribution in [0.2, 0.25) is 0 Å². The quantitative estimate of drug-likeness (QED) is 0.562. The van der Waals surface area contributed by atoms with E-state index in [1.54, 1.807) is 44.2 Å². The van der Waals surface area contributed by atoms with Crippen molar-refractivity contribution in [3.8, 4) is 5.75 Å². The van der Waals surface area contributed by atoms with E-state index in [4.69, 9.17) is 14.0 Å². The molecule has 0 spiro atoms. The van der Waals surface area contributed by atoms with Crippen molar-refractivity contribution in [1.29, 1.82) is 0 Å². The molecule has 2 N–H and O–H groups in total. The number of thioether (sulfide) groups is 1. The van der Waals surface area contributed by atoms with E-state index in [0.717, 1.165) is 11.8 Å². The highest BCUT2D eigenvalue weighted by Crippen LogP contribution is 2.23. The van der Waals surface area contributed by atoms with Gasteiger partial charge in [-0.1, -0.05) is 17.3 Å². The molecule has 2 amide bonds. The lowest BCUT2D eigenvalue weighted by Crippen LogP contribution is -2.25. The molecule has 9 nitrogen and oxygen atoms in total. The van der Waals surface area contributed by atoms with Gasteiger partial charge >= 0.3 is 5.97 Å². The van der Waals surface area contributed by atoms with Gasteiger partial charge in [-0.2, -0.15) is 0 Å². The topological polar surface area (TPSA) is 120 Å². The number of amides is 2. The third-order valence-corrected chi connectivity index (χ3v) is 4.64. The van der Waals surface area contributed by atoms with Crippen LogP contribution in [0.4, 0.5) is 11.5 Å². The largest absolute Gasteiger partial charge is 0.492 e. The van der Waals surface area contributed by atoms with Crippen LogP contribution in [0.1, 0.15) is 19.6 Å². The summed E-state index contributed by atoms with van der Waals surface area (Å²) >= 11 is 1.09. The van der Waals surface area contributed by atoms with E-state index in [9.17, 15) is 14.4 Å². The van der Waals surface area contributed by atoms with E-state index in [1.165, 1.54) is 0 Å². The smallest absolute Gasteiger partial charge is 0.316 e. The number of rotatable bonds is 10. The molecule has 0 aliphatic heterocycles. The zero-order chi connectivity index (χ0) is 21.2. The van der Waals surface area contributed by atoms with E-state index in [1.807, 2.05) is 6.92 Å². The third-order valence-electron chi connectivity index (χ3n) is 3.52. The van der Waals surface area contributed by atoms with Crippen LogP contribution in [-0.2, 0) is 19.1 Å². The van der Waals surface area contributed by atoms with Crippen molar-refractivity contribution >= 4 is 41.1 Å². The van der Waals surface area contributed by atoms with Gasteiger partial charge in [-0.3, -0.25) is 14.4 Å². The number of carbonyl (C=O) groups excluding carboxylic acids is 3. The summed E-state index contributed by atoms with van der Waals surface area (Å²) in [6, 6.07) is 8.56. The molecule has 0 fully saturated rings. The summed E-state index contributed by atoms with van der Waals surface area (Å²) in [5.74, 6) is -0.0515. The molecule has 1 atom stereocenters. The van der Waals surface area contributed by atoms with Gasteiger partial charge in [0.1, 0.15) is 11.5 Å². The molecule has 0 unspecified atom stereocenters. The summed E-state index contributed by atoms with van der Waals surface area (Å²) in [6.07, 6.45) is 0. The fourth-order valence-electron chi connectivity index (χ4n) is 2.15. The Morgan fingerprint density at radius 1 is 1.24 bits per heavy atom. The van der Waals surface area contributed by atoms with Crippen molar-refractivity contribution in [2.75, 3.05) is 29.6 Å². The lowest BCUT2D eigenvalue weighted by atomic mass is 10.3. The van der Waals surface area contributed by atoms with Crippen molar-refractivity contribution in [1.82, 2.24) is 5.16 Å². The average Bonchev–Trinajstić information content (AvgIpc) is 3.10. The van der Waals surface area contributed by atoms with Gasteiger partial charge in [0.25, 0.3) is 5.91 Å². The summed E-state index contributed by atoms with van der Waals surface area (Å²) in [6.45, 7) is 5.23. The Labute approximate surface area is 172 Å². The SMILES string of the molecule is CCOc1ccccc1NC(=O)COC(=O)CS[C@H](C)C(=O)Nc1cc(C)on1. The number of hydrogen-bond acceptors (Lipinski definition) is 8. The highest BCUT2D eigenvalue weighted by molar-refractivity contribution is 8.01. The summed E-state index contributed by atoms with van der Waals surface area (Å²) in [4.78, 5) is 35.9. The number of aromatic nitrogens is 1. The van der Waals surface area contributed by atoms with E-state index < -0.39 is 23.7 Å². The number of benzene rings is 1. The molecule has 29 heavy (non-hydrogen) atoms. The average molecular weight is 421 g/mol. The van der Waals surface area contributed by atoms with E-state index in [2.05, 4.69) is 15.8 Å². The highest BCUT2D eigenvalue weighted by atomic mass is 32.2. The molecule has 0 aliphatic rings. The zero-order valence-electron chi connectivity index (χ0n) is 16.4. The molecule has 0 bridgehead atoms. The molecule has 0 aliphatic carbocycles. The Hall–Kier alpha value is -3.01. The fourth-order valence-corrected chi connectivity index (χ4v) is 2.83. The van der Waals surface area contributed by atoms with Crippen molar-refractivity contribution in [3.63, 3.8) is 0 Å². The maximum atomic E-state index is 12.0. The molecule has 1 heterocycles. The highest BCUT2D eigenvalue weighted by Gasteiger charge is 2.18. The predicted molar refractivity (Wildman–Crippen MR) is 109 cm³/mol. The molecule has 156 valence electrons. The molecule has 0 saturated heterocycles. The first-order valence-electron chi connectivity index (χ1n) is 8.92. The maximum Gasteiger partial charge on any atom is 0.316 e. The molecule has 0 saturated carbocycles. The molecular formula is C19H23N3O6S. The van der Waals surface area contributed by atoms with Crippen LogP contribution in [0.15, 0.2) is 34.9 Å². The van der Waals surface area contributed by atoms with Gasteiger partial charge < -0.3 is 24.6 Å². The second-order valence-corrected chi connectivity index (χ2v) is 7.23. The molecule has 0 radical (unpaired) electrons. The Kier molecular flexibility index (Phi) is 8.53. The Morgan fingerprint density at radius 3 is 2.69 bits per heavy atom. The first kappa shape index (κ1) is 22.3. The number of anilines is 2. The van der Waals surface area contributed by atoms with Crippen LogP contribution in [-0.4, -0.2) is 47.2 Å². The van der Waals surface area contributed by atoms with Crippen molar-refractivity contribution in [3.05, 3.63) is 36.1 Å². The van der Waals surface area contributed by atoms with Crippen molar-refractivity contribution in [2.24, 2.45) is 0 Å². The zero-order valence-corrected chi connectivity index (χ0v) is 17.2. The number of aryl methyl sites for hydroxylation is 1. The first-order valence-corrected chi connectivity index (χ1v) is 9.97. The van der Waals surface area contributed by atoms with Crippen LogP contribution in [0.25, 0.3) is 0 Å². The number of ether oxygens (including phenoxy) is 2. The maximum absolute atomic E-state index is 12.0. The monoisotopic (exact) mass is 421 g/mol. The number of esters is 1. The van der Waals surface area contributed by atoms with Gasteiger partial charge in [-0.05, 0) is 32.9 Å². The molecule has 1 aromatic carbocycles. The van der Waals surface area contributed by atoms with Crippen LogP contribution in [0.3, 0.4) is 0 Å². The molecule has 2 rings (SSSR count). The van der Waals surface area contributed by atoms with Crippen LogP contribution in [0.5, 0.6) is 5.75 Å². The van der Waals surface area contributed by atoms with Gasteiger partial charge in [0.2, 0.25) is 5.91 Å². The lowest BCUT2D eigenvalue weighted by molar-refractivity contribution is -0.144. The van der Waals surface area contributed by atoms with E-state index in [-0.39, 0.29) is 11.7 Å². The number of nitrogens with zero attached hydrogens (tertiary/aromatic N) is 1. The van der Waals surface area contributed by atoms with Gasteiger partial charge in [0.05, 0.1) is 23.3 Å². The molecule has 10 heteroatoms. The number of carbonyl (C=O) groups is 3. The Balaban J connectivity index is 1.71. The molecular weight excluding hydrogens is 398 g/mol. The summed E-state index contributed by atoms with van der Waals surface area (Å²) in [7, 11) is 0. The second kappa shape index (κ2) is 11.1. The lowest BCUT2D eigenvalue weighted by Gasteiger charge is -2.12. The Morgan fingerprint density at radius 2 is 2.00 bits per heavy atom. The summed E-state index contributed by atoms with van der Waals surface area (Å²) in [5.41, 5.74) is 0.498. The predicted octanol–water partition coefficient (Wildman–Crippen LogP) is 2.62. The van der Waals surface area contributed by atoms with Crippen LogP contribution < -0.4 is 15.4 Å². The normalized spacial score (nSPS) is 11.4. The first-order chi connectivity index (χ1) is 13.9. The van der Waals surface area contributed by atoms with Crippen LogP contribution in [0, 0.1) is 6.92 Å². The number of para-hydroxylation sites is 2. The second-order valence-electron chi connectivity index (χ2n) is 5.90. The van der Waals surface area contributed by atoms with E-state index >= 15 is 0 Å². The molecule has 2 aromatic rings.